The van der Waals surface area contributed by atoms with Gasteiger partial charge in [-0.05, 0) is 33.6 Å². The molecule has 0 aromatic rings. The molecule has 8 heteroatoms. The minimum absolute atomic E-state index is 0.0659. The van der Waals surface area contributed by atoms with E-state index in [0.717, 1.165) is 6.42 Å². The molecule has 1 N–H and O–H groups in total. The Bertz CT molecular complexity index is 495. The van der Waals surface area contributed by atoms with Crippen molar-refractivity contribution in [3.63, 3.8) is 0 Å². The van der Waals surface area contributed by atoms with E-state index in [4.69, 9.17) is 9.47 Å². The summed E-state index contributed by atoms with van der Waals surface area (Å²) < 4.78 is 10.6. The molecule has 2 heterocycles. The predicted molar refractivity (Wildman–Crippen MR) is 84.5 cm³/mol. The van der Waals surface area contributed by atoms with E-state index in [1.54, 1.807) is 20.8 Å². The fraction of sp³-hybridized carbons (Fsp3) is 0.812. The highest BCUT2D eigenvalue weighted by Crippen LogP contribution is 2.21. The molecule has 2 saturated heterocycles. The molecule has 0 aromatic carbocycles. The lowest BCUT2D eigenvalue weighted by atomic mass is 9.99. The lowest BCUT2D eigenvalue weighted by Crippen LogP contribution is -2.61. The molecule has 2 atom stereocenters. The molecule has 0 bridgehead atoms. The van der Waals surface area contributed by atoms with Crippen LogP contribution in [0.3, 0.4) is 0 Å². The van der Waals surface area contributed by atoms with Gasteiger partial charge in [0.2, 0.25) is 5.91 Å². The molecule has 0 radical (unpaired) electrons. The van der Waals surface area contributed by atoms with Crippen LogP contribution in [0.5, 0.6) is 0 Å². The van der Waals surface area contributed by atoms with Gasteiger partial charge in [0.05, 0.1) is 19.1 Å². The highest BCUT2D eigenvalue weighted by atomic mass is 16.6. The molecular formula is C16H26N2O6. The van der Waals surface area contributed by atoms with Gasteiger partial charge in [-0.15, -0.1) is 0 Å². The summed E-state index contributed by atoms with van der Waals surface area (Å²) in [5, 5.41) is 9.48. The van der Waals surface area contributed by atoms with E-state index in [2.05, 4.69) is 0 Å². The third-order valence-corrected chi connectivity index (χ3v) is 4.11. The first kappa shape index (κ1) is 18.5. The summed E-state index contributed by atoms with van der Waals surface area (Å²) >= 11 is 0. The van der Waals surface area contributed by atoms with Crippen LogP contribution in [-0.4, -0.2) is 77.4 Å². The quantitative estimate of drug-likeness (QED) is 0.802. The summed E-state index contributed by atoms with van der Waals surface area (Å²) in [4.78, 5) is 39.1. The molecule has 0 aliphatic carbocycles. The topological polar surface area (TPSA) is 96.4 Å². The van der Waals surface area contributed by atoms with Crippen molar-refractivity contribution in [1.29, 1.82) is 0 Å². The largest absolute Gasteiger partial charge is 0.480 e. The van der Waals surface area contributed by atoms with Gasteiger partial charge < -0.3 is 24.4 Å². The molecule has 2 fully saturated rings. The van der Waals surface area contributed by atoms with Gasteiger partial charge in [-0.2, -0.15) is 0 Å². The number of piperazine rings is 1. The molecule has 2 unspecified atom stereocenters. The average molecular weight is 342 g/mol. The van der Waals surface area contributed by atoms with Gasteiger partial charge in [0.15, 0.2) is 0 Å². The fourth-order valence-electron chi connectivity index (χ4n) is 2.92. The van der Waals surface area contributed by atoms with Gasteiger partial charge >= 0.3 is 12.1 Å². The maximum atomic E-state index is 12.6. The van der Waals surface area contributed by atoms with Gasteiger partial charge in [0.1, 0.15) is 11.6 Å². The van der Waals surface area contributed by atoms with E-state index in [0.29, 0.717) is 19.6 Å². The van der Waals surface area contributed by atoms with Crippen LogP contribution in [0.1, 0.15) is 33.6 Å². The van der Waals surface area contributed by atoms with Crippen LogP contribution in [0.15, 0.2) is 0 Å². The molecule has 2 amide bonds. The van der Waals surface area contributed by atoms with Crippen LogP contribution in [-0.2, 0) is 19.1 Å². The van der Waals surface area contributed by atoms with Crippen molar-refractivity contribution in [3.05, 3.63) is 0 Å². The summed E-state index contributed by atoms with van der Waals surface area (Å²) in [6.07, 6.45) is 0.950. The molecule has 8 nitrogen and oxygen atoms in total. The zero-order valence-corrected chi connectivity index (χ0v) is 14.5. The Balaban J connectivity index is 2.04. The number of nitrogens with zero attached hydrogens (tertiary/aromatic N) is 2. The number of ether oxygens (including phenoxy) is 2. The number of hydrogen-bond donors (Lipinski definition) is 1. The maximum absolute atomic E-state index is 12.6. The summed E-state index contributed by atoms with van der Waals surface area (Å²) in [7, 11) is 0. The Morgan fingerprint density at radius 3 is 2.46 bits per heavy atom. The van der Waals surface area contributed by atoms with Gasteiger partial charge in [0, 0.05) is 19.7 Å². The molecule has 136 valence electrons. The molecule has 2 aliphatic rings. The maximum Gasteiger partial charge on any atom is 0.410 e. The number of carboxylic acid groups (broad SMARTS) is 1. The van der Waals surface area contributed by atoms with Crippen LogP contribution in [0.4, 0.5) is 4.79 Å². The number of aliphatic carboxylic acids is 1. The van der Waals surface area contributed by atoms with Crippen molar-refractivity contribution in [2.75, 3.05) is 32.8 Å². The van der Waals surface area contributed by atoms with Gasteiger partial charge in [0.25, 0.3) is 0 Å². The molecule has 0 spiro atoms. The van der Waals surface area contributed by atoms with Crippen LogP contribution in [0.25, 0.3) is 0 Å². The Kier molecular flexibility index (Phi) is 5.69. The second-order valence-electron chi connectivity index (χ2n) is 7.23. The van der Waals surface area contributed by atoms with Crippen molar-refractivity contribution in [2.24, 2.45) is 5.92 Å². The second-order valence-corrected chi connectivity index (χ2v) is 7.23. The minimum atomic E-state index is -1.12. The number of carbonyl (C=O) groups excluding carboxylic acids is 2. The highest BCUT2D eigenvalue weighted by Gasteiger charge is 2.40. The summed E-state index contributed by atoms with van der Waals surface area (Å²) in [6, 6.07) is -1.05. The Morgan fingerprint density at radius 1 is 1.21 bits per heavy atom. The summed E-state index contributed by atoms with van der Waals surface area (Å²) in [5.74, 6) is -1.62. The van der Waals surface area contributed by atoms with E-state index in [1.807, 2.05) is 0 Å². The zero-order valence-electron chi connectivity index (χ0n) is 14.5. The molecule has 2 aliphatic heterocycles. The Labute approximate surface area is 141 Å². The normalized spacial score (nSPS) is 25.3. The minimum Gasteiger partial charge on any atom is -0.480 e. The third-order valence-electron chi connectivity index (χ3n) is 4.11. The second kappa shape index (κ2) is 7.38. The Morgan fingerprint density at radius 2 is 1.92 bits per heavy atom. The standard InChI is InChI=1S/C16H26N2O6/c1-16(2,3)24-15(22)17-6-7-18(12(9-17)14(20)21)13(19)11-5-4-8-23-10-11/h11-12H,4-10H2,1-3H3,(H,20,21). The number of carboxylic acids is 1. The lowest BCUT2D eigenvalue weighted by Gasteiger charge is -2.41. The first-order valence-electron chi connectivity index (χ1n) is 8.28. The summed E-state index contributed by atoms with van der Waals surface area (Å²) in [6.45, 7) is 6.61. The van der Waals surface area contributed by atoms with E-state index in [9.17, 15) is 19.5 Å². The highest BCUT2D eigenvalue weighted by molar-refractivity contribution is 5.86. The number of carbonyl (C=O) groups is 3. The van der Waals surface area contributed by atoms with Crippen LogP contribution >= 0.6 is 0 Å². The predicted octanol–water partition coefficient (Wildman–Crippen LogP) is 0.946. The van der Waals surface area contributed by atoms with Gasteiger partial charge in [-0.3, -0.25) is 4.79 Å². The van der Waals surface area contributed by atoms with Crippen LogP contribution in [0, 0.1) is 5.92 Å². The van der Waals surface area contributed by atoms with Crippen molar-refractivity contribution in [3.8, 4) is 0 Å². The molecule has 2 rings (SSSR count). The van der Waals surface area contributed by atoms with E-state index >= 15 is 0 Å². The fourth-order valence-corrected chi connectivity index (χ4v) is 2.92. The molecule has 0 saturated carbocycles. The molecular weight excluding hydrogens is 316 g/mol. The summed E-state index contributed by atoms with van der Waals surface area (Å²) in [5.41, 5.74) is -0.651. The van der Waals surface area contributed by atoms with Crippen LogP contribution < -0.4 is 0 Å². The van der Waals surface area contributed by atoms with E-state index in [-0.39, 0.29) is 31.5 Å². The lowest BCUT2D eigenvalue weighted by molar-refractivity contribution is -0.157. The number of hydrogen-bond acceptors (Lipinski definition) is 5. The van der Waals surface area contributed by atoms with Gasteiger partial charge in [-0.25, -0.2) is 9.59 Å². The molecule has 24 heavy (non-hydrogen) atoms. The first-order chi connectivity index (χ1) is 11.2. The van der Waals surface area contributed by atoms with Gasteiger partial charge in [-0.1, -0.05) is 0 Å². The van der Waals surface area contributed by atoms with Crippen molar-refractivity contribution >= 4 is 18.0 Å². The SMILES string of the molecule is CC(C)(C)OC(=O)N1CCN(C(=O)C2CCCOC2)C(C(=O)O)C1. The zero-order chi connectivity index (χ0) is 17.9. The number of rotatable bonds is 2. The van der Waals surface area contributed by atoms with Crippen LogP contribution in [0.2, 0.25) is 0 Å². The third kappa shape index (κ3) is 4.59. The Hall–Kier alpha value is -1.83. The smallest absolute Gasteiger partial charge is 0.410 e. The first-order valence-corrected chi connectivity index (χ1v) is 8.28. The molecule has 0 aromatic heterocycles. The van der Waals surface area contributed by atoms with Crippen molar-refractivity contribution in [1.82, 2.24) is 9.80 Å². The monoisotopic (exact) mass is 342 g/mol. The van der Waals surface area contributed by atoms with E-state index in [1.165, 1.54) is 9.80 Å². The van der Waals surface area contributed by atoms with Crippen molar-refractivity contribution < 1.29 is 29.0 Å². The van der Waals surface area contributed by atoms with E-state index < -0.39 is 23.7 Å². The number of amides is 2. The average Bonchev–Trinajstić information content (AvgIpc) is 2.52. The van der Waals surface area contributed by atoms with Crippen molar-refractivity contribution in [2.45, 2.75) is 45.3 Å².